The van der Waals surface area contributed by atoms with E-state index >= 15 is 0 Å². The van der Waals surface area contributed by atoms with Crippen LogP contribution in [0.15, 0.2) is 17.1 Å². The number of nitrogens with zero attached hydrogens (tertiary/aromatic N) is 1. The number of carbonyl (C=O) groups is 1. The lowest BCUT2D eigenvalue weighted by molar-refractivity contribution is -0.120. The molecule has 0 spiro atoms. The molecule has 4 nitrogen and oxygen atoms in total. The van der Waals surface area contributed by atoms with E-state index in [0.717, 1.165) is 16.7 Å². The molecule has 1 aromatic rings. The lowest BCUT2D eigenvalue weighted by atomic mass is 9.94. The zero-order chi connectivity index (χ0) is 14.2. The molecule has 0 aliphatic carbocycles. The van der Waals surface area contributed by atoms with Crippen molar-refractivity contribution in [3.05, 3.63) is 34.4 Å². The Morgan fingerprint density at radius 3 is 2.32 bits per heavy atom. The average molecular weight is 259 g/mol. The Bertz CT molecular complexity index is 523. The number of carbonyl (C=O) groups excluding carboxylic acids is 1. The van der Waals surface area contributed by atoms with Crippen LogP contribution in [-0.4, -0.2) is 17.9 Å². The lowest BCUT2D eigenvalue weighted by Gasteiger charge is -2.13. The summed E-state index contributed by atoms with van der Waals surface area (Å²) in [5, 5.41) is 5.94. The molecule has 1 aliphatic rings. The lowest BCUT2D eigenvalue weighted by Crippen LogP contribution is -2.40. The normalized spacial score (nSPS) is 18.5. The standard InChI is InChI=1S/C15H21N3O/c1-8(2)16-15-17-13(14(19)18-15)12-10(4)6-9(3)7-11(12)5/h6-8,13H,1-5H3,(H2,16,17,18,19). The zero-order valence-corrected chi connectivity index (χ0v) is 12.2. The van der Waals surface area contributed by atoms with Crippen molar-refractivity contribution >= 4 is 11.9 Å². The summed E-state index contributed by atoms with van der Waals surface area (Å²) in [6, 6.07) is 4.01. The van der Waals surface area contributed by atoms with E-state index in [1.165, 1.54) is 5.56 Å². The molecule has 0 fully saturated rings. The van der Waals surface area contributed by atoms with Gasteiger partial charge in [0.05, 0.1) is 0 Å². The summed E-state index contributed by atoms with van der Waals surface area (Å²) in [4.78, 5) is 16.6. The Morgan fingerprint density at radius 1 is 1.21 bits per heavy atom. The van der Waals surface area contributed by atoms with Crippen molar-refractivity contribution < 1.29 is 4.79 Å². The van der Waals surface area contributed by atoms with Crippen LogP contribution in [0.1, 0.15) is 42.1 Å². The Hall–Kier alpha value is -1.84. The van der Waals surface area contributed by atoms with E-state index in [0.29, 0.717) is 5.96 Å². The molecule has 1 heterocycles. The highest BCUT2D eigenvalue weighted by molar-refractivity contribution is 6.05. The van der Waals surface area contributed by atoms with Crippen molar-refractivity contribution in [2.45, 2.75) is 46.7 Å². The SMILES string of the molecule is Cc1cc(C)c(C2N=C(NC(C)C)NC2=O)c(C)c1. The smallest absolute Gasteiger partial charge is 0.256 e. The number of rotatable bonds is 2. The fraction of sp³-hybridized carbons (Fsp3) is 0.467. The van der Waals surface area contributed by atoms with Crippen molar-refractivity contribution in [1.29, 1.82) is 0 Å². The van der Waals surface area contributed by atoms with Crippen molar-refractivity contribution in [3.63, 3.8) is 0 Å². The predicted molar refractivity (Wildman–Crippen MR) is 77.2 cm³/mol. The molecule has 4 heteroatoms. The molecule has 1 aliphatic heterocycles. The molecule has 2 N–H and O–H groups in total. The Morgan fingerprint density at radius 2 is 1.79 bits per heavy atom. The highest BCUT2D eigenvalue weighted by Gasteiger charge is 2.30. The third kappa shape index (κ3) is 2.78. The largest absolute Gasteiger partial charge is 0.354 e. The van der Waals surface area contributed by atoms with E-state index in [9.17, 15) is 4.79 Å². The molecule has 0 saturated carbocycles. The summed E-state index contributed by atoms with van der Waals surface area (Å²) in [6.07, 6.45) is 0. The molecule has 0 radical (unpaired) electrons. The quantitative estimate of drug-likeness (QED) is 0.855. The van der Waals surface area contributed by atoms with Gasteiger partial charge in [0.15, 0.2) is 12.0 Å². The van der Waals surface area contributed by atoms with Crippen molar-refractivity contribution in [1.82, 2.24) is 10.6 Å². The maximum atomic E-state index is 12.1. The highest BCUT2D eigenvalue weighted by Crippen LogP contribution is 2.28. The fourth-order valence-electron chi connectivity index (χ4n) is 2.57. The fourth-order valence-corrected chi connectivity index (χ4v) is 2.57. The molecule has 19 heavy (non-hydrogen) atoms. The molecule has 0 saturated heterocycles. The molecular formula is C15H21N3O. The van der Waals surface area contributed by atoms with Crippen LogP contribution >= 0.6 is 0 Å². The minimum atomic E-state index is -0.429. The first kappa shape index (κ1) is 13.6. The van der Waals surface area contributed by atoms with Crippen LogP contribution < -0.4 is 10.6 Å². The topological polar surface area (TPSA) is 53.5 Å². The third-order valence-corrected chi connectivity index (χ3v) is 3.19. The Labute approximate surface area is 114 Å². The molecule has 2 rings (SSSR count). The van der Waals surface area contributed by atoms with Crippen LogP contribution in [0.3, 0.4) is 0 Å². The van der Waals surface area contributed by atoms with Crippen LogP contribution in [0.25, 0.3) is 0 Å². The molecular weight excluding hydrogens is 238 g/mol. The Balaban J connectivity index is 2.37. The maximum Gasteiger partial charge on any atom is 0.256 e. The van der Waals surface area contributed by atoms with Crippen LogP contribution in [-0.2, 0) is 4.79 Å². The number of hydrogen-bond donors (Lipinski definition) is 2. The number of nitrogens with one attached hydrogen (secondary N) is 2. The molecule has 1 amide bonds. The van der Waals surface area contributed by atoms with Crippen LogP contribution in [0.5, 0.6) is 0 Å². The van der Waals surface area contributed by atoms with Crippen molar-refractivity contribution in [3.8, 4) is 0 Å². The minimum Gasteiger partial charge on any atom is -0.354 e. The first-order valence-corrected chi connectivity index (χ1v) is 6.61. The second-order valence-electron chi connectivity index (χ2n) is 5.48. The van der Waals surface area contributed by atoms with E-state index in [-0.39, 0.29) is 11.9 Å². The molecule has 1 atom stereocenters. The number of aryl methyl sites for hydroxylation is 3. The summed E-state index contributed by atoms with van der Waals surface area (Å²) < 4.78 is 0. The number of aliphatic imine (C=N–C) groups is 1. The van der Waals surface area contributed by atoms with E-state index in [1.807, 2.05) is 27.7 Å². The third-order valence-electron chi connectivity index (χ3n) is 3.19. The maximum absolute atomic E-state index is 12.1. The van der Waals surface area contributed by atoms with E-state index in [1.54, 1.807) is 0 Å². The highest BCUT2D eigenvalue weighted by atomic mass is 16.2. The van der Waals surface area contributed by atoms with E-state index < -0.39 is 6.04 Å². The van der Waals surface area contributed by atoms with E-state index in [2.05, 4.69) is 34.7 Å². The van der Waals surface area contributed by atoms with Gasteiger partial charge in [0.2, 0.25) is 0 Å². The average Bonchev–Trinajstić information content (AvgIpc) is 2.57. The molecule has 1 unspecified atom stereocenters. The van der Waals surface area contributed by atoms with Crippen LogP contribution in [0.2, 0.25) is 0 Å². The van der Waals surface area contributed by atoms with Gasteiger partial charge in [0.25, 0.3) is 5.91 Å². The van der Waals surface area contributed by atoms with Gasteiger partial charge in [0, 0.05) is 6.04 Å². The van der Waals surface area contributed by atoms with Gasteiger partial charge in [0.1, 0.15) is 0 Å². The van der Waals surface area contributed by atoms with Gasteiger partial charge in [-0.15, -0.1) is 0 Å². The zero-order valence-electron chi connectivity index (χ0n) is 12.2. The van der Waals surface area contributed by atoms with Crippen molar-refractivity contribution in [2.75, 3.05) is 0 Å². The monoisotopic (exact) mass is 259 g/mol. The van der Waals surface area contributed by atoms with Gasteiger partial charge in [-0.3, -0.25) is 10.1 Å². The first-order chi connectivity index (χ1) is 8.88. The number of guanidine groups is 1. The van der Waals surface area contributed by atoms with E-state index in [4.69, 9.17) is 0 Å². The number of benzene rings is 1. The summed E-state index contributed by atoms with van der Waals surface area (Å²) >= 11 is 0. The summed E-state index contributed by atoms with van der Waals surface area (Å²) in [5.41, 5.74) is 4.46. The van der Waals surface area contributed by atoms with Gasteiger partial charge in [-0.25, -0.2) is 4.99 Å². The first-order valence-electron chi connectivity index (χ1n) is 6.61. The van der Waals surface area contributed by atoms with Crippen molar-refractivity contribution in [2.24, 2.45) is 4.99 Å². The predicted octanol–water partition coefficient (Wildman–Crippen LogP) is 2.14. The number of hydrogen-bond acceptors (Lipinski definition) is 3. The summed E-state index contributed by atoms with van der Waals surface area (Å²) in [5.74, 6) is 0.516. The molecule has 0 bridgehead atoms. The summed E-state index contributed by atoms with van der Waals surface area (Å²) in [7, 11) is 0. The molecule has 0 aromatic heterocycles. The van der Waals surface area contributed by atoms with Gasteiger partial charge in [-0.2, -0.15) is 0 Å². The van der Waals surface area contributed by atoms with Gasteiger partial charge in [-0.1, -0.05) is 17.7 Å². The van der Waals surface area contributed by atoms with Crippen LogP contribution in [0, 0.1) is 20.8 Å². The van der Waals surface area contributed by atoms with Crippen LogP contribution in [0.4, 0.5) is 0 Å². The van der Waals surface area contributed by atoms with Gasteiger partial charge < -0.3 is 5.32 Å². The second-order valence-corrected chi connectivity index (χ2v) is 5.48. The molecule has 102 valence electrons. The second kappa shape index (κ2) is 5.03. The summed E-state index contributed by atoms with van der Waals surface area (Å²) in [6.45, 7) is 10.2. The molecule has 1 aromatic carbocycles. The van der Waals surface area contributed by atoms with Gasteiger partial charge >= 0.3 is 0 Å². The minimum absolute atomic E-state index is 0.0572. The van der Waals surface area contributed by atoms with Gasteiger partial charge in [-0.05, 0) is 51.3 Å². The Kier molecular flexibility index (Phi) is 3.60. The number of amides is 1.